The van der Waals surface area contributed by atoms with Gasteiger partial charge in [0.1, 0.15) is 5.82 Å². The first kappa shape index (κ1) is 13.8. The van der Waals surface area contributed by atoms with Crippen molar-refractivity contribution in [3.63, 3.8) is 0 Å². The number of nitrogens with one attached hydrogen (secondary N) is 1. The van der Waals surface area contributed by atoms with Crippen LogP contribution in [0, 0.1) is 5.92 Å². The van der Waals surface area contributed by atoms with Gasteiger partial charge in [0.15, 0.2) is 0 Å². The number of aromatic nitrogens is 1. The quantitative estimate of drug-likeness (QED) is 0.904. The lowest BCUT2D eigenvalue weighted by molar-refractivity contribution is -0.117. The molecular weight excluding hydrogens is 262 g/mol. The smallest absolute Gasteiger partial charge is 0.228 e. The maximum absolute atomic E-state index is 11.8. The zero-order valence-corrected chi connectivity index (χ0v) is 12.0. The van der Waals surface area contributed by atoms with Gasteiger partial charge in [0.25, 0.3) is 0 Å². The van der Waals surface area contributed by atoms with Crippen LogP contribution in [0.2, 0.25) is 0 Å². The van der Waals surface area contributed by atoms with Crippen LogP contribution in [0.1, 0.15) is 31.4 Å². The van der Waals surface area contributed by atoms with Crippen molar-refractivity contribution in [2.45, 2.75) is 25.8 Å². The second-order valence-electron chi connectivity index (χ2n) is 5.60. The van der Waals surface area contributed by atoms with Crippen molar-refractivity contribution in [3.05, 3.63) is 48.2 Å². The summed E-state index contributed by atoms with van der Waals surface area (Å²) >= 11 is 0. The van der Waals surface area contributed by atoms with E-state index in [0.717, 1.165) is 29.5 Å². The molecule has 4 heteroatoms. The summed E-state index contributed by atoms with van der Waals surface area (Å²) in [7, 11) is 0. The van der Waals surface area contributed by atoms with E-state index in [1.807, 2.05) is 43.3 Å². The Balaban J connectivity index is 1.79. The van der Waals surface area contributed by atoms with E-state index in [9.17, 15) is 4.79 Å². The molecule has 1 aromatic carbocycles. The molecule has 0 radical (unpaired) electrons. The van der Waals surface area contributed by atoms with Gasteiger partial charge in [-0.05, 0) is 48.6 Å². The molecule has 1 aliphatic rings. The normalized spacial score (nSPS) is 15.5. The molecule has 0 saturated heterocycles. The molecule has 0 bridgehead atoms. The largest absolute Gasteiger partial charge is 0.324 e. The Morgan fingerprint density at radius 2 is 1.95 bits per heavy atom. The van der Waals surface area contributed by atoms with E-state index in [0.29, 0.717) is 5.82 Å². The zero-order chi connectivity index (χ0) is 14.8. The van der Waals surface area contributed by atoms with E-state index < -0.39 is 0 Å². The van der Waals surface area contributed by atoms with E-state index in [1.54, 1.807) is 6.20 Å². The molecule has 3 rings (SSSR count). The molecule has 1 amide bonds. The molecule has 0 aliphatic heterocycles. The summed E-state index contributed by atoms with van der Waals surface area (Å²) in [4.78, 5) is 16.0. The molecular formula is C17H19N3O. The number of anilines is 1. The van der Waals surface area contributed by atoms with Crippen molar-refractivity contribution in [1.29, 1.82) is 0 Å². The standard InChI is InChI=1S/C17H19N3O/c1-11(18)12-2-4-13(5-3-12)15-8-9-19-16(10-15)20-17(21)14-6-7-14/h2-5,8-11,14H,6-7,18H2,1H3,(H,19,20,21)/t11-/m1/s1. The predicted molar refractivity (Wildman–Crippen MR) is 83.6 cm³/mol. The lowest BCUT2D eigenvalue weighted by atomic mass is 10.0. The van der Waals surface area contributed by atoms with Gasteiger partial charge in [0, 0.05) is 18.2 Å². The lowest BCUT2D eigenvalue weighted by Crippen LogP contribution is -2.14. The van der Waals surface area contributed by atoms with Crippen LogP contribution >= 0.6 is 0 Å². The van der Waals surface area contributed by atoms with Gasteiger partial charge >= 0.3 is 0 Å². The third-order valence-corrected chi connectivity index (χ3v) is 3.73. The number of hydrogen-bond acceptors (Lipinski definition) is 3. The number of rotatable bonds is 4. The first-order valence-corrected chi connectivity index (χ1v) is 7.26. The minimum atomic E-state index is 0.0323. The lowest BCUT2D eigenvalue weighted by Gasteiger charge is -2.09. The second kappa shape index (κ2) is 5.66. The van der Waals surface area contributed by atoms with E-state index in [2.05, 4.69) is 10.3 Å². The maximum atomic E-state index is 11.8. The molecule has 1 fully saturated rings. The van der Waals surface area contributed by atoms with Gasteiger partial charge in [0.05, 0.1) is 0 Å². The molecule has 4 nitrogen and oxygen atoms in total. The van der Waals surface area contributed by atoms with Gasteiger partial charge in [-0.3, -0.25) is 4.79 Å². The molecule has 108 valence electrons. The predicted octanol–water partition coefficient (Wildman–Crippen LogP) is 3.12. The van der Waals surface area contributed by atoms with Crippen molar-refractivity contribution in [2.24, 2.45) is 11.7 Å². The van der Waals surface area contributed by atoms with Gasteiger partial charge in [0.2, 0.25) is 5.91 Å². The van der Waals surface area contributed by atoms with Crippen LogP contribution in [-0.2, 0) is 4.79 Å². The summed E-state index contributed by atoms with van der Waals surface area (Å²) in [6, 6.07) is 12.0. The van der Waals surface area contributed by atoms with Crippen LogP contribution in [0.3, 0.4) is 0 Å². The highest BCUT2D eigenvalue weighted by Crippen LogP contribution is 2.30. The number of benzene rings is 1. The maximum Gasteiger partial charge on any atom is 0.228 e. The molecule has 1 atom stereocenters. The summed E-state index contributed by atoms with van der Waals surface area (Å²) < 4.78 is 0. The Bertz CT molecular complexity index is 645. The van der Waals surface area contributed by atoms with Crippen LogP contribution in [0.4, 0.5) is 5.82 Å². The summed E-state index contributed by atoms with van der Waals surface area (Å²) in [6.07, 6.45) is 3.70. The molecule has 1 aromatic heterocycles. The number of carbonyl (C=O) groups excluding carboxylic acids is 1. The van der Waals surface area contributed by atoms with Crippen LogP contribution in [-0.4, -0.2) is 10.9 Å². The number of hydrogen-bond donors (Lipinski definition) is 2. The monoisotopic (exact) mass is 281 g/mol. The number of nitrogens with zero attached hydrogens (tertiary/aromatic N) is 1. The Labute approximate surface area is 124 Å². The third kappa shape index (κ3) is 3.28. The van der Waals surface area contributed by atoms with Crippen molar-refractivity contribution < 1.29 is 4.79 Å². The highest BCUT2D eigenvalue weighted by Gasteiger charge is 2.29. The Hall–Kier alpha value is -2.20. The van der Waals surface area contributed by atoms with Crippen LogP contribution < -0.4 is 11.1 Å². The van der Waals surface area contributed by atoms with Gasteiger partial charge in [-0.15, -0.1) is 0 Å². The molecule has 1 heterocycles. The molecule has 0 unspecified atom stereocenters. The van der Waals surface area contributed by atoms with Crippen molar-refractivity contribution in [3.8, 4) is 11.1 Å². The van der Waals surface area contributed by atoms with E-state index in [4.69, 9.17) is 5.73 Å². The zero-order valence-electron chi connectivity index (χ0n) is 12.0. The van der Waals surface area contributed by atoms with Gasteiger partial charge < -0.3 is 11.1 Å². The fourth-order valence-electron chi connectivity index (χ4n) is 2.23. The number of pyridine rings is 1. The fraction of sp³-hybridized carbons (Fsp3) is 0.294. The SMILES string of the molecule is C[C@@H](N)c1ccc(-c2ccnc(NC(=O)C3CC3)c2)cc1. The summed E-state index contributed by atoms with van der Waals surface area (Å²) in [6.45, 7) is 1.97. The summed E-state index contributed by atoms with van der Waals surface area (Å²) in [5.74, 6) is 0.869. The number of nitrogens with two attached hydrogens (primary N) is 1. The third-order valence-electron chi connectivity index (χ3n) is 3.73. The van der Waals surface area contributed by atoms with Gasteiger partial charge in [-0.1, -0.05) is 24.3 Å². The highest BCUT2D eigenvalue weighted by molar-refractivity contribution is 5.93. The average molecular weight is 281 g/mol. The minimum absolute atomic E-state index is 0.0323. The fourth-order valence-corrected chi connectivity index (χ4v) is 2.23. The molecule has 21 heavy (non-hydrogen) atoms. The first-order valence-electron chi connectivity index (χ1n) is 7.26. The minimum Gasteiger partial charge on any atom is -0.324 e. The van der Waals surface area contributed by atoms with Gasteiger partial charge in [-0.25, -0.2) is 4.98 Å². The highest BCUT2D eigenvalue weighted by atomic mass is 16.2. The molecule has 1 aliphatic carbocycles. The molecule has 1 saturated carbocycles. The number of amides is 1. The van der Waals surface area contributed by atoms with Gasteiger partial charge in [-0.2, -0.15) is 0 Å². The number of carbonyl (C=O) groups is 1. The summed E-state index contributed by atoms with van der Waals surface area (Å²) in [5.41, 5.74) is 9.09. The molecule has 0 spiro atoms. The first-order chi connectivity index (χ1) is 10.1. The van der Waals surface area contributed by atoms with E-state index in [1.165, 1.54) is 0 Å². The van der Waals surface area contributed by atoms with Crippen molar-refractivity contribution in [2.75, 3.05) is 5.32 Å². The Morgan fingerprint density at radius 1 is 1.24 bits per heavy atom. The van der Waals surface area contributed by atoms with Crippen LogP contribution in [0.15, 0.2) is 42.6 Å². The van der Waals surface area contributed by atoms with E-state index >= 15 is 0 Å². The van der Waals surface area contributed by atoms with E-state index in [-0.39, 0.29) is 17.9 Å². The second-order valence-corrected chi connectivity index (χ2v) is 5.60. The molecule has 3 N–H and O–H groups in total. The van der Waals surface area contributed by atoms with Crippen molar-refractivity contribution in [1.82, 2.24) is 4.98 Å². The topological polar surface area (TPSA) is 68.0 Å². The van der Waals surface area contributed by atoms with Crippen LogP contribution in [0.25, 0.3) is 11.1 Å². The Kier molecular flexibility index (Phi) is 3.71. The molecule has 2 aromatic rings. The summed E-state index contributed by atoms with van der Waals surface area (Å²) in [5, 5.41) is 2.87. The Morgan fingerprint density at radius 3 is 2.57 bits per heavy atom. The van der Waals surface area contributed by atoms with Crippen LogP contribution in [0.5, 0.6) is 0 Å². The van der Waals surface area contributed by atoms with Crippen molar-refractivity contribution >= 4 is 11.7 Å². The average Bonchev–Trinajstić information content (AvgIpc) is 3.32.